The van der Waals surface area contributed by atoms with Crippen molar-refractivity contribution in [3.05, 3.63) is 39.6 Å². The summed E-state index contributed by atoms with van der Waals surface area (Å²) >= 11 is 11.8. The van der Waals surface area contributed by atoms with Gasteiger partial charge in [0.2, 0.25) is 5.88 Å². The molecule has 3 N–H and O–H groups in total. The number of hydrogen-bond donors (Lipinski definition) is 2. The van der Waals surface area contributed by atoms with Crippen LogP contribution in [-0.4, -0.2) is 9.97 Å². The third-order valence-electron chi connectivity index (χ3n) is 2.46. The minimum absolute atomic E-state index is 0.416. The Morgan fingerprint density at radius 2 is 1.89 bits per heavy atom. The number of rotatable bonds is 3. The number of nitrogens with two attached hydrogens (primary N) is 1. The summed E-state index contributed by atoms with van der Waals surface area (Å²) in [6, 6.07) is 4.99. The van der Waals surface area contributed by atoms with E-state index in [1.165, 1.54) is 0 Å². The van der Waals surface area contributed by atoms with Gasteiger partial charge in [0.15, 0.2) is 0 Å². The van der Waals surface area contributed by atoms with Crippen molar-refractivity contribution < 1.29 is 4.74 Å². The summed E-state index contributed by atoms with van der Waals surface area (Å²) in [5.41, 5.74) is 3.21. The number of ether oxygens (including phenoxy) is 1. The first-order valence-electron chi connectivity index (χ1n) is 5.46. The predicted octanol–water partition coefficient (Wildman–Crippen LogP) is 3.48. The maximum Gasteiger partial charge on any atom is 0.227 e. The zero-order valence-corrected chi connectivity index (χ0v) is 11.9. The zero-order chi connectivity index (χ0) is 14.0. The van der Waals surface area contributed by atoms with Crippen molar-refractivity contribution in [3.8, 4) is 11.6 Å². The predicted molar refractivity (Wildman–Crippen MR) is 75.9 cm³/mol. The fourth-order valence-electron chi connectivity index (χ4n) is 1.49. The first kappa shape index (κ1) is 13.9. The minimum Gasteiger partial charge on any atom is -0.438 e. The Morgan fingerprint density at radius 3 is 2.53 bits per heavy atom. The lowest BCUT2D eigenvalue weighted by Crippen LogP contribution is -2.12. The summed E-state index contributed by atoms with van der Waals surface area (Å²) in [5.74, 6) is 7.41. The second-order valence-corrected chi connectivity index (χ2v) is 4.69. The molecule has 7 heteroatoms. The molecule has 0 amide bonds. The summed E-state index contributed by atoms with van der Waals surface area (Å²) in [6.45, 7) is 3.56. The van der Waals surface area contributed by atoms with E-state index < -0.39 is 0 Å². The second-order valence-electron chi connectivity index (χ2n) is 3.87. The Hall–Kier alpha value is -1.56. The number of nitrogens with one attached hydrogen (secondary N) is 1. The highest BCUT2D eigenvalue weighted by atomic mass is 35.5. The van der Waals surface area contributed by atoms with Crippen LogP contribution in [0.3, 0.4) is 0 Å². The molecule has 0 saturated heterocycles. The van der Waals surface area contributed by atoms with Crippen LogP contribution < -0.4 is 16.0 Å². The van der Waals surface area contributed by atoms with Gasteiger partial charge in [-0.2, -0.15) is 4.98 Å². The fourth-order valence-corrected chi connectivity index (χ4v) is 1.78. The van der Waals surface area contributed by atoms with E-state index in [0.717, 1.165) is 0 Å². The van der Waals surface area contributed by atoms with E-state index in [0.29, 0.717) is 38.9 Å². The van der Waals surface area contributed by atoms with Crippen LogP contribution in [0.2, 0.25) is 10.0 Å². The number of aryl methyl sites for hydroxylation is 1. The first-order valence-corrected chi connectivity index (χ1v) is 6.21. The fraction of sp³-hybridized carbons (Fsp3) is 0.167. The maximum absolute atomic E-state index is 5.93. The first-order chi connectivity index (χ1) is 9.01. The molecule has 1 heterocycles. The van der Waals surface area contributed by atoms with Crippen LogP contribution in [0, 0.1) is 13.8 Å². The molecule has 0 saturated carbocycles. The molecule has 0 fully saturated rings. The van der Waals surface area contributed by atoms with Crippen molar-refractivity contribution in [2.24, 2.45) is 5.84 Å². The van der Waals surface area contributed by atoms with Gasteiger partial charge in [0.25, 0.3) is 0 Å². The molecule has 0 bridgehead atoms. The summed E-state index contributed by atoms with van der Waals surface area (Å²) in [7, 11) is 0. The highest BCUT2D eigenvalue weighted by Gasteiger charge is 2.11. The van der Waals surface area contributed by atoms with Gasteiger partial charge in [0.1, 0.15) is 17.4 Å². The number of aromatic nitrogens is 2. The maximum atomic E-state index is 5.93. The number of hydrogen-bond acceptors (Lipinski definition) is 5. The molecule has 0 aliphatic rings. The summed E-state index contributed by atoms with van der Waals surface area (Å²) in [4.78, 5) is 8.37. The molecule has 1 aromatic heterocycles. The van der Waals surface area contributed by atoms with Gasteiger partial charge in [-0.05, 0) is 26.0 Å². The summed E-state index contributed by atoms with van der Waals surface area (Å²) in [6.07, 6.45) is 0. The van der Waals surface area contributed by atoms with Crippen molar-refractivity contribution in [3.63, 3.8) is 0 Å². The number of halogens is 2. The molecule has 1 aromatic carbocycles. The van der Waals surface area contributed by atoms with Gasteiger partial charge in [-0.1, -0.05) is 23.2 Å². The smallest absolute Gasteiger partial charge is 0.227 e. The van der Waals surface area contributed by atoms with Gasteiger partial charge in [0.05, 0.1) is 15.6 Å². The number of nitrogen functional groups attached to an aromatic ring is 1. The lowest BCUT2D eigenvalue weighted by Gasteiger charge is -2.11. The molecule has 0 aliphatic heterocycles. The van der Waals surface area contributed by atoms with Crippen LogP contribution in [-0.2, 0) is 0 Å². The van der Waals surface area contributed by atoms with Gasteiger partial charge in [-0.15, -0.1) is 0 Å². The quantitative estimate of drug-likeness (QED) is 0.670. The topological polar surface area (TPSA) is 73.1 Å². The van der Waals surface area contributed by atoms with E-state index in [4.69, 9.17) is 33.8 Å². The standard InChI is InChI=1S/C12H12Cl2N4O/c1-6-11(18-15)16-7(2)17-12(6)19-8-3-4-9(13)10(14)5-8/h3-5H,15H2,1-2H3,(H,16,17,18). The van der Waals surface area contributed by atoms with Gasteiger partial charge in [0, 0.05) is 6.07 Å². The van der Waals surface area contributed by atoms with Crippen LogP contribution in [0.25, 0.3) is 0 Å². The second kappa shape index (κ2) is 5.61. The molecule has 5 nitrogen and oxygen atoms in total. The highest BCUT2D eigenvalue weighted by molar-refractivity contribution is 6.42. The third kappa shape index (κ3) is 3.07. The SMILES string of the molecule is Cc1nc(NN)c(C)c(Oc2ccc(Cl)c(Cl)c2)n1. The van der Waals surface area contributed by atoms with Crippen molar-refractivity contribution in [1.29, 1.82) is 0 Å². The Morgan fingerprint density at radius 1 is 1.16 bits per heavy atom. The van der Waals surface area contributed by atoms with Gasteiger partial charge in [-0.25, -0.2) is 10.8 Å². The van der Waals surface area contributed by atoms with E-state index >= 15 is 0 Å². The van der Waals surface area contributed by atoms with E-state index in [1.807, 2.05) is 6.92 Å². The molecule has 0 atom stereocenters. The van der Waals surface area contributed by atoms with E-state index in [2.05, 4.69) is 15.4 Å². The van der Waals surface area contributed by atoms with E-state index in [1.54, 1.807) is 25.1 Å². The minimum atomic E-state index is 0.416. The van der Waals surface area contributed by atoms with E-state index in [9.17, 15) is 0 Å². The molecule has 19 heavy (non-hydrogen) atoms. The van der Waals surface area contributed by atoms with Crippen molar-refractivity contribution >= 4 is 29.0 Å². The summed E-state index contributed by atoms with van der Waals surface area (Å²) in [5, 5.41) is 0.883. The Bertz CT molecular complexity index is 619. The molecule has 2 rings (SSSR count). The van der Waals surface area contributed by atoms with Gasteiger partial charge in [-0.3, -0.25) is 0 Å². The zero-order valence-electron chi connectivity index (χ0n) is 10.4. The lowest BCUT2D eigenvalue weighted by molar-refractivity contribution is 0.456. The van der Waals surface area contributed by atoms with Crippen molar-refractivity contribution in [2.45, 2.75) is 13.8 Å². The van der Waals surface area contributed by atoms with E-state index in [-0.39, 0.29) is 0 Å². The van der Waals surface area contributed by atoms with Crippen LogP contribution >= 0.6 is 23.2 Å². The Balaban J connectivity index is 2.37. The number of benzene rings is 1. The van der Waals surface area contributed by atoms with Crippen LogP contribution in [0.15, 0.2) is 18.2 Å². The molecule has 0 aliphatic carbocycles. The number of nitrogens with zero attached hydrogens (tertiary/aromatic N) is 2. The normalized spacial score (nSPS) is 10.4. The van der Waals surface area contributed by atoms with Gasteiger partial charge >= 0.3 is 0 Å². The molecule has 100 valence electrons. The number of hydrazine groups is 1. The Kier molecular flexibility index (Phi) is 4.09. The molecule has 0 radical (unpaired) electrons. The number of anilines is 1. The average molecular weight is 299 g/mol. The molecule has 0 spiro atoms. The monoisotopic (exact) mass is 298 g/mol. The average Bonchev–Trinajstić information content (AvgIpc) is 2.37. The highest BCUT2D eigenvalue weighted by Crippen LogP contribution is 2.31. The lowest BCUT2D eigenvalue weighted by atomic mass is 10.3. The van der Waals surface area contributed by atoms with Crippen molar-refractivity contribution in [2.75, 3.05) is 5.43 Å². The molecular weight excluding hydrogens is 287 g/mol. The van der Waals surface area contributed by atoms with Crippen LogP contribution in [0.4, 0.5) is 5.82 Å². The van der Waals surface area contributed by atoms with Crippen molar-refractivity contribution in [1.82, 2.24) is 9.97 Å². The summed E-state index contributed by atoms with van der Waals surface area (Å²) < 4.78 is 5.68. The van der Waals surface area contributed by atoms with Gasteiger partial charge < -0.3 is 10.2 Å². The van der Waals surface area contributed by atoms with Crippen LogP contribution in [0.5, 0.6) is 11.6 Å². The third-order valence-corrected chi connectivity index (χ3v) is 3.19. The Labute approximate surface area is 120 Å². The molecular formula is C12H12Cl2N4O. The largest absolute Gasteiger partial charge is 0.438 e. The van der Waals surface area contributed by atoms with Crippen LogP contribution in [0.1, 0.15) is 11.4 Å². The molecule has 2 aromatic rings. The molecule has 0 unspecified atom stereocenters.